The Balaban J connectivity index is 2.28. The average molecular weight is 200 g/mol. The molecule has 0 saturated carbocycles. The topological polar surface area (TPSA) is 27.1 Å². The summed E-state index contributed by atoms with van der Waals surface area (Å²) in [5, 5.41) is 4.15. The largest absolute Gasteiger partial charge is 0.375 e. The van der Waals surface area contributed by atoms with Gasteiger partial charge in [0.25, 0.3) is 0 Å². The number of halogens is 1. The van der Waals surface area contributed by atoms with Gasteiger partial charge < -0.3 is 4.74 Å². The van der Waals surface area contributed by atoms with E-state index in [4.69, 9.17) is 4.74 Å². The molecule has 1 aromatic rings. The lowest BCUT2D eigenvalue weighted by Crippen LogP contribution is -2.04. The van der Waals surface area contributed by atoms with Gasteiger partial charge in [-0.15, -0.1) is 0 Å². The second kappa shape index (κ2) is 5.75. The number of hydrogen-bond donors (Lipinski definition) is 0. The maximum atomic E-state index is 12.0. The molecule has 3 nitrogen and oxygen atoms in total. The van der Waals surface area contributed by atoms with Crippen LogP contribution in [0.5, 0.6) is 0 Å². The van der Waals surface area contributed by atoms with Crippen LogP contribution in [-0.4, -0.2) is 23.1 Å². The summed E-state index contributed by atoms with van der Waals surface area (Å²) in [7, 11) is 0. The maximum Gasteiger partial charge on any atom is 0.109 e. The van der Waals surface area contributed by atoms with Crippen LogP contribution in [0.15, 0.2) is 12.3 Å². The molecule has 0 aliphatic carbocycles. The van der Waals surface area contributed by atoms with Gasteiger partial charge in [-0.3, -0.25) is 4.68 Å². The van der Waals surface area contributed by atoms with E-state index in [2.05, 4.69) is 18.9 Å². The maximum absolute atomic E-state index is 12.0. The summed E-state index contributed by atoms with van der Waals surface area (Å²) in [6.45, 7) is 5.38. The summed E-state index contributed by atoms with van der Waals surface area (Å²) in [5.74, 6) is 0.530. The van der Waals surface area contributed by atoms with Crippen LogP contribution < -0.4 is 0 Å². The van der Waals surface area contributed by atoms with Crippen LogP contribution in [-0.2, 0) is 17.9 Å². The van der Waals surface area contributed by atoms with Crippen LogP contribution in [0.4, 0.5) is 4.39 Å². The fraction of sp³-hybridized carbons (Fsp3) is 0.700. The van der Waals surface area contributed by atoms with E-state index in [1.165, 1.54) is 0 Å². The quantitative estimate of drug-likeness (QED) is 0.702. The van der Waals surface area contributed by atoms with Crippen LogP contribution in [0.25, 0.3) is 0 Å². The van der Waals surface area contributed by atoms with Crippen LogP contribution in [0.1, 0.15) is 19.5 Å². The molecule has 0 saturated heterocycles. The summed E-state index contributed by atoms with van der Waals surface area (Å²) < 4.78 is 18.9. The molecule has 0 aliphatic rings. The molecule has 0 unspecified atom stereocenters. The van der Waals surface area contributed by atoms with Crippen LogP contribution in [0, 0.1) is 5.92 Å². The van der Waals surface area contributed by atoms with Crippen LogP contribution in [0.2, 0.25) is 0 Å². The van der Waals surface area contributed by atoms with E-state index < -0.39 is 0 Å². The highest BCUT2D eigenvalue weighted by molar-refractivity contribution is 4.96. The molecule has 0 radical (unpaired) electrons. The standard InChI is InChI=1S/C10H17FN2O/c1-9(2)7-14-8-10-3-5-13(12-10)6-4-11/h3,5,9H,4,6-8H2,1-2H3. The highest BCUT2D eigenvalue weighted by atomic mass is 19.1. The number of nitrogens with zero attached hydrogens (tertiary/aromatic N) is 2. The van der Waals surface area contributed by atoms with E-state index in [0.717, 1.165) is 12.3 Å². The van der Waals surface area contributed by atoms with Crippen molar-refractivity contribution < 1.29 is 9.13 Å². The Hall–Kier alpha value is -0.900. The minimum absolute atomic E-state index is 0.324. The molecule has 14 heavy (non-hydrogen) atoms. The van der Waals surface area contributed by atoms with Crippen LogP contribution in [0.3, 0.4) is 0 Å². The first-order chi connectivity index (χ1) is 6.72. The summed E-state index contributed by atoms with van der Waals surface area (Å²) in [6.07, 6.45) is 1.77. The van der Waals surface area contributed by atoms with Crippen molar-refractivity contribution in [1.29, 1.82) is 0 Å². The SMILES string of the molecule is CC(C)COCc1ccn(CCF)n1. The summed E-state index contributed by atoms with van der Waals surface area (Å²) >= 11 is 0. The number of alkyl halides is 1. The van der Waals surface area contributed by atoms with Gasteiger partial charge in [0.2, 0.25) is 0 Å². The molecule has 4 heteroatoms. The number of aromatic nitrogens is 2. The second-order valence-electron chi connectivity index (χ2n) is 3.67. The molecule has 0 amide bonds. The van der Waals surface area contributed by atoms with Crippen molar-refractivity contribution in [2.45, 2.75) is 27.0 Å². The zero-order valence-corrected chi connectivity index (χ0v) is 8.74. The third-order valence-electron chi connectivity index (χ3n) is 1.71. The minimum Gasteiger partial charge on any atom is -0.375 e. The zero-order valence-electron chi connectivity index (χ0n) is 8.74. The van der Waals surface area contributed by atoms with E-state index in [0.29, 0.717) is 19.1 Å². The molecular weight excluding hydrogens is 183 g/mol. The Morgan fingerprint density at radius 2 is 2.36 bits per heavy atom. The van der Waals surface area contributed by atoms with E-state index in [1.807, 2.05) is 6.07 Å². The lowest BCUT2D eigenvalue weighted by Gasteiger charge is -2.04. The van der Waals surface area contributed by atoms with E-state index in [9.17, 15) is 4.39 Å². The highest BCUT2D eigenvalue weighted by Gasteiger charge is 2.00. The molecule has 0 N–H and O–H groups in total. The molecule has 0 spiro atoms. The summed E-state index contributed by atoms with van der Waals surface area (Å²) in [5.41, 5.74) is 0.860. The lowest BCUT2D eigenvalue weighted by atomic mass is 10.2. The number of ether oxygens (including phenoxy) is 1. The summed E-state index contributed by atoms with van der Waals surface area (Å²) in [4.78, 5) is 0. The van der Waals surface area contributed by atoms with E-state index in [-0.39, 0.29) is 6.67 Å². The highest BCUT2D eigenvalue weighted by Crippen LogP contribution is 2.00. The van der Waals surface area contributed by atoms with Gasteiger partial charge >= 0.3 is 0 Å². The predicted molar refractivity (Wildman–Crippen MR) is 52.7 cm³/mol. The molecule has 0 bridgehead atoms. The van der Waals surface area contributed by atoms with Crippen molar-refractivity contribution in [1.82, 2.24) is 9.78 Å². The van der Waals surface area contributed by atoms with Gasteiger partial charge in [0, 0.05) is 12.8 Å². The fourth-order valence-electron chi connectivity index (χ4n) is 1.09. The predicted octanol–water partition coefficient (Wildman–Crippen LogP) is 2.03. The first-order valence-corrected chi connectivity index (χ1v) is 4.88. The zero-order chi connectivity index (χ0) is 10.4. The Morgan fingerprint density at radius 3 is 3.00 bits per heavy atom. The van der Waals surface area contributed by atoms with Crippen molar-refractivity contribution in [3.8, 4) is 0 Å². The normalized spacial score (nSPS) is 11.1. The second-order valence-corrected chi connectivity index (χ2v) is 3.67. The first kappa shape index (κ1) is 11.2. The van der Waals surface area contributed by atoms with Crippen molar-refractivity contribution >= 4 is 0 Å². The molecular formula is C10H17FN2O. The molecule has 1 aromatic heterocycles. The molecule has 80 valence electrons. The Morgan fingerprint density at radius 1 is 1.57 bits per heavy atom. The van der Waals surface area contributed by atoms with Crippen molar-refractivity contribution in [3.05, 3.63) is 18.0 Å². The number of rotatable bonds is 6. The van der Waals surface area contributed by atoms with Crippen molar-refractivity contribution in [2.24, 2.45) is 5.92 Å². The minimum atomic E-state index is -0.381. The van der Waals surface area contributed by atoms with Crippen molar-refractivity contribution in [2.75, 3.05) is 13.3 Å². The molecule has 0 atom stereocenters. The van der Waals surface area contributed by atoms with Gasteiger partial charge in [-0.05, 0) is 12.0 Å². The van der Waals surface area contributed by atoms with E-state index in [1.54, 1.807) is 10.9 Å². The van der Waals surface area contributed by atoms with Gasteiger partial charge in [-0.25, -0.2) is 4.39 Å². The third kappa shape index (κ3) is 3.87. The van der Waals surface area contributed by atoms with Crippen molar-refractivity contribution in [3.63, 3.8) is 0 Å². The molecule has 1 heterocycles. The molecule has 0 aliphatic heterocycles. The Kier molecular flexibility index (Phi) is 4.59. The fourth-order valence-corrected chi connectivity index (χ4v) is 1.09. The lowest BCUT2D eigenvalue weighted by molar-refractivity contribution is 0.0943. The smallest absolute Gasteiger partial charge is 0.109 e. The van der Waals surface area contributed by atoms with Gasteiger partial charge in [-0.2, -0.15) is 5.10 Å². The Labute approximate surface area is 83.9 Å². The molecule has 1 rings (SSSR count). The first-order valence-electron chi connectivity index (χ1n) is 4.88. The molecule has 0 fully saturated rings. The van der Waals surface area contributed by atoms with Gasteiger partial charge in [0.15, 0.2) is 0 Å². The number of aryl methyl sites for hydroxylation is 1. The van der Waals surface area contributed by atoms with E-state index >= 15 is 0 Å². The third-order valence-corrected chi connectivity index (χ3v) is 1.71. The van der Waals surface area contributed by atoms with Gasteiger partial charge in [-0.1, -0.05) is 13.8 Å². The average Bonchev–Trinajstić information content (AvgIpc) is 2.53. The van der Waals surface area contributed by atoms with Gasteiger partial charge in [0.1, 0.15) is 6.67 Å². The number of hydrogen-bond acceptors (Lipinski definition) is 2. The Bertz CT molecular complexity index is 260. The van der Waals surface area contributed by atoms with Crippen LogP contribution >= 0.6 is 0 Å². The summed E-state index contributed by atoms with van der Waals surface area (Å²) in [6, 6.07) is 1.86. The van der Waals surface area contributed by atoms with Gasteiger partial charge in [0.05, 0.1) is 18.8 Å². The monoisotopic (exact) mass is 200 g/mol. The molecule has 0 aromatic carbocycles.